The maximum Gasteiger partial charge on any atom is 0.262 e. The van der Waals surface area contributed by atoms with E-state index in [4.69, 9.17) is 0 Å². The molecule has 5 nitrogen and oxygen atoms in total. The van der Waals surface area contributed by atoms with Gasteiger partial charge in [-0.1, -0.05) is 31.0 Å². The van der Waals surface area contributed by atoms with Crippen molar-refractivity contribution in [3.8, 4) is 0 Å². The van der Waals surface area contributed by atoms with Crippen LogP contribution in [0.2, 0.25) is 0 Å². The molecule has 148 valence electrons. The van der Waals surface area contributed by atoms with Crippen LogP contribution in [0.1, 0.15) is 41.6 Å². The van der Waals surface area contributed by atoms with E-state index in [1.54, 1.807) is 6.20 Å². The molecule has 2 aromatic rings. The van der Waals surface area contributed by atoms with E-state index < -0.39 is 0 Å². The zero-order valence-electron chi connectivity index (χ0n) is 16.9. The molecule has 0 unspecified atom stereocenters. The third-order valence-electron chi connectivity index (χ3n) is 6.12. The topological polar surface area (TPSA) is 48.5 Å². The number of nitrogens with one attached hydrogen (secondary N) is 1. The molecule has 0 saturated heterocycles. The molecule has 1 fully saturated rings. The van der Waals surface area contributed by atoms with Crippen LogP contribution in [0, 0.1) is 5.41 Å². The summed E-state index contributed by atoms with van der Waals surface area (Å²) in [5.74, 6) is 0.746. The van der Waals surface area contributed by atoms with Crippen LogP contribution >= 0.6 is 0 Å². The summed E-state index contributed by atoms with van der Waals surface area (Å²) in [6.45, 7) is 2.66. The highest BCUT2D eigenvalue weighted by molar-refractivity contribution is 6.10. The Hall–Kier alpha value is -2.40. The zero-order valence-corrected chi connectivity index (χ0v) is 16.9. The Labute approximate surface area is 167 Å². The first-order valence-electron chi connectivity index (χ1n) is 10.3. The van der Waals surface area contributed by atoms with Gasteiger partial charge in [-0.3, -0.25) is 4.79 Å². The minimum atomic E-state index is 0.0358. The third-order valence-corrected chi connectivity index (χ3v) is 6.12. The molecule has 1 aromatic carbocycles. The van der Waals surface area contributed by atoms with Gasteiger partial charge < -0.3 is 15.1 Å². The first-order valence-corrected chi connectivity index (χ1v) is 10.3. The number of hydrogen-bond donors (Lipinski definition) is 1. The summed E-state index contributed by atoms with van der Waals surface area (Å²) in [5, 5.41) is 3.54. The SMILES string of the molecule is CN(C)CC1(CNc2ncccc2C(=O)N2CCc3ccccc32)CCCC1. The van der Waals surface area contributed by atoms with Crippen molar-refractivity contribution in [3.63, 3.8) is 0 Å². The van der Waals surface area contributed by atoms with Crippen LogP contribution in [0.15, 0.2) is 42.6 Å². The van der Waals surface area contributed by atoms with Crippen LogP contribution in [-0.4, -0.2) is 49.5 Å². The number of carbonyl (C=O) groups excluding carboxylic acids is 1. The number of fused-ring (bicyclic) bond motifs is 1. The number of hydrogen-bond acceptors (Lipinski definition) is 4. The minimum absolute atomic E-state index is 0.0358. The molecule has 1 aliphatic carbocycles. The summed E-state index contributed by atoms with van der Waals surface area (Å²) in [6.07, 6.45) is 7.71. The maximum atomic E-state index is 13.3. The van der Waals surface area contributed by atoms with Crippen LogP contribution < -0.4 is 10.2 Å². The molecule has 1 aromatic heterocycles. The van der Waals surface area contributed by atoms with E-state index in [9.17, 15) is 4.79 Å². The molecule has 28 heavy (non-hydrogen) atoms. The van der Waals surface area contributed by atoms with Crippen LogP contribution in [0.4, 0.5) is 11.5 Å². The number of carbonyl (C=O) groups is 1. The van der Waals surface area contributed by atoms with E-state index in [2.05, 4.69) is 35.4 Å². The molecule has 1 aliphatic heterocycles. The lowest BCUT2D eigenvalue weighted by Gasteiger charge is -2.32. The molecule has 2 aliphatic rings. The largest absolute Gasteiger partial charge is 0.369 e. The first-order chi connectivity index (χ1) is 13.6. The van der Waals surface area contributed by atoms with Gasteiger partial charge in [0, 0.05) is 36.9 Å². The van der Waals surface area contributed by atoms with E-state index >= 15 is 0 Å². The summed E-state index contributed by atoms with van der Waals surface area (Å²) in [4.78, 5) is 22.0. The second-order valence-corrected chi connectivity index (χ2v) is 8.53. The smallest absolute Gasteiger partial charge is 0.262 e. The highest BCUT2D eigenvalue weighted by atomic mass is 16.2. The quantitative estimate of drug-likeness (QED) is 0.830. The highest BCUT2D eigenvalue weighted by Gasteiger charge is 2.35. The van der Waals surface area contributed by atoms with Crippen molar-refractivity contribution in [1.82, 2.24) is 9.88 Å². The average Bonchev–Trinajstić information content (AvgIpc) is 3.33. The summed E-state index contributed by atoms with van der Waals surface area (Å²) in [7, 11) is 4.28. The van der Waals surface area contributed by atoms with Gasteiger partial charge >= 0.3 is 0 Å². The predicted octanol–water partition coefficient (Wildman–Crippen LogP) is 3.82. The Bertz CT molecular complexity index is 842. The first kappa shape index (κ1) is 18.9. The lowest BCUT2D eigenvalue weighted by molar-refractivity contribution is 0.0989. The Kier molecular flexibility index (Phi) is 5.36. The fraction of sp³-hybridized carbons (Fsp3) is 0.478. The van der Waals surface area contributed by atoms with Gasteiger partial charge in [-0.25, -0.2) is 4.98 Å². The molecule has 0 spiro atoms. The fourth-order valence-corrected chi connectivity index (χ4v) is 4.87. The van der Waals surface area contributed by atoms with Crippen LogP contribution in [0.25, 0.3) is 0 Å². The van der Waals surface area contributed by atoms with E-state index in [0.717, 1.165) is 31.7 Å². The van der Waals surface area contributed by atoms with Gasteiger partial charge in [-0.2, -0.15) is 0 Å². The Morgan fingerprint density at radius 2 is 1.96 bits per heavy atom. The minimum Gasteiger partial charge on any atom is -0.369 e. The summed E-state index contributed by atoms with van der Waals surface area (Å²) < 4.78 is 0. The normalized spacial score (nSPS) is 17.8. The van der Waals surface area contributed by atoms with Crippen molar-refractivity contribution >= 4 is 17.4 Å². The number of pyridine rings is 1. The third kappa shape index (κ3) is 3.76. The number of anilines is 2. The van der Waals surface area contributed by atoms with E-state index in [1.807, 2.05) is 35.2 Å². The van der Waals surface area contributed by atoms with Gasteiger partial charge in [-0.05, 0) is 57.1 Å². The Morgan fingerprint density at radius 3 is 2.75 bits per heavy atom. The monoisotopic (exact) mass is 378 g/mol. The lowest BCUT2D eigenvalue weighted by Crippen LogP contribution is -2.38. The number of aromatic nitrogens is 1. The molecule has 0 atom stereocenters. The maximum absolute atomic E-state index is 13.3. The van der Waals surface area contributed by atoms with E-state index in [0.29, 0.717) is 11.4 Å². The van der Waals surface area contributed by atoms with E-state index in [1.165, 1.54) is 31.2 Å². The van der Waals surface area contributed by atoms with Crippen LogP contribution in [-0.2, 0) is 6.42 Å². The van der Waals surface area contributed by atoms with Crippen molar-refractivity contribution in [3.05, 3.63) is 53.7 Å². The highest BCUT2D eigenvalue weighted by Crippen LogP contribution is 2.39. The second kappa shape index (κ2) is 7.92. The number of benzene rings is 1. The average molecular weight is 379 g/mol. The Balaban J connectivity index is 1.54. The van der Waals surface area contributed by atoms with Crippen molar-refractivity contribution in [2.75, 3.05) is 43.9 Å². The zero-order chi connectivity index (χ0) is 19.6. The van der Waals surface area contributed by atoms with Gasteiger partial charge in [0.2, 0.25) is 0 Å². The van der Waals surface area contributed by atoms with Gasteiger partial charge in [0.1, 0.15) is 5.82 Å². The summed E-state index contributed by atoms with van der Waals surface area (Å²) >= 11 is 0. The van der Waals surface area contributed by atoms with Crippen LogP contribution in [0.3, 0.4) is 0 Å². The molecule has 0 bridgehead atoms. The number of para-hydroxylation sites is 1. The van der Waals surface area contributed by atoms with E-state index in [-0.39, 0.29) is 11.3 Å². The van der Waals surface area contributed by atoms with Gasteiger partial charge in [0.25, 0.3) is 5.91 Å². The number of nitrogens with zero attached hydrogens (tertiary/aromatic N) is 3. The molecule has 1 saturated carbocycles. The van der Waals surface area contributed by atoms with Gasteiger partial charge in [0.05, 0.1) is 5.56 Å². The molecule has 2 heterocycles. The van der Waals surface area contributed by atoms with Gasteiger partial charge in [0.15, 0.2) is 0 Å². The fourth-order valence-electron chi connectivity index (χ4n) is 4.87. The molecule has 1 N–H and O–H groups in total. The van der Waals surface area contributed by atoms with Crippen molar-refractivity contribution in [2.45, 2.75) is 32.1 Å². The van der Waals surface area contributed by atoms with Gasteiger partial charge in [-0.15, -0.1) is 0 Å². The van der Waals surface area contributed by atoms with Crippen molar-refractivity contribution in [1.29, 1.82) is 0 Å². The second-order valence-electron chi connectivity index (χ2n) is 8.53. The number of rotatable bonds is 6. The molecular weight excluding hydrogens is 348 g/mol. The molecule has 1 amide bonds. The standard InChI is InChI=1S/C23H30N4O/c1-26(2)17-23(12-5-6-13-23)16-25-21-19(9-7-14-24-21)22(28)27-15-11-18-8-3-4-10-20(18)27/h3-4,7-10,14H,5-6,11-13,15-17H2,1-2H3,(H,24,25). The molecule has 0 radical (unpaired) electrons. The molecule has 5 heteroatoms. The Morgan fingerprint density at radius 1 is 1.18 bits per heavy atom. The van der Waals surface area contributed by atoms with Crippen molar-refractivity contribution < 1.29 is 4.79 Å². The number of amides is 1. The lowest BCUT2D eigenvalue weighted by atomic mass is 9.85. The summed E-state index contributed by atoms with van der Waals surface area (Å²) in [6, 6.07) is 11.9. The summed E-state index contributed by atoms with van der Waals surface area (Å²) in [5.41, 5.74) is 3.20. The van der Waals surface area contributed by atoms with Crippen molar-refractivity contribution in [2.24, 2.45) is 5.41 Å². The van der Waals surface area contributed by atoms with Crippen LogP contribution in [0.5, 0.6) is 0 Å². The molecule has 4 rings (SSSR count). The predicted molar refractivity (Wildman–Crippen MR) is 114 cm³/mol. The molecular formula is C23H30N4O.